The van der Waals surface area contributed by atoms with Crippen molar-refractivity contribution in [1.29, 1.82) is 0 Å². The van der Waals surface area contributed by atoms with Gasteiger partial charge in [-0.25, -0.2) is 0 Å². The summed E-state index contributed by atoms with van der Waals surface area (Å²) in [6, 6.07) is 0. The van der Waals surface area contributed by atoms with Gasteiger partial charge in [-0.15, -0.1) is 0 Å². The average molecular weight is 148 g/mol. The van der Waals surface area contributed by atoms with E-state index in [2.05, 4.69) is 0 Å². The molecule has 6 heavy (non-hydrogen) atoms. The molecule has 0 aliphatic heterocycles. The van der Waals surface area contributed by atoms with Gasteiger partial charge in [-0.2, -0.15) is 0 Å². The fourth-order valence-corrected chi connectivity index (χ4v) is 0. The molecule has 0 spiro atoms. The van der Waals surface area contributed by atoms with Gasteiger partial charge in [-0.3, -0.25) is 4.91 Å². The van der Waals surface area contributed by atoms with Crippen molar-refractivity contribution in [3.63, 3.8) is 0 Å². The fraction of sp³-hybridized carbons (Fsp3) is 0. The van der Waals surface area contributed by atoms with Crippen molar-refractivity contribution < 1.29 is 12.4 Å². The second-order valence-corrected chi connectivity index (χ2v) is 0.0894. The molecule has 0 aromatic carbocycles. The summed E-state index contributed by atoms with van der Waals surface area (Å²) in [5.41, 5.74) is 13.5. The van der Waals surface area contributed by atoms with Crippen LogP contribution >= 0.6 is 0 Å². The van der Waals surface area contributed by atoms with Crippen LogP contribution in [0.25, 0.3) is 16.0 Å². The summed E-state index contributed by atoms with van der Waals surface area (Å²) in [5.74, 6) is 0. The smallest absolute Gasteiger partial charge is 0.0576 e. The molecular weight excluding hydrogens is 142 g/mol. The van der Waals surface area contributed by atoms with Crippen LogP contribution < -0.4 is 12.4 Å². The Hall–Kier alpha value is 0.300. The second kappa shape index (κ2) is 58.0. The molecule has 0 bridgehead atoms. The van der Waals surface area contributed by atoms with Crippen molar-refractivity contribution in [2.45, 2.75) is 0 Å². The van der Waals surface area contributed by atoms with Crippen molar-refractivity contribution >= 4 is 27.0 Å². The number of halogens is 1. The predicted octanol–water partition coefficient (Wildman–Crippen LogP) is -3.74. The van der Waals surface area contributed by atoms with Crippen LogP contribution in [-0.4, -0.2) is 0 Å². The molecule has 0 atom stereocenters. The molecule has 0 aromatic rings. The average Bonchev–Trinajstić information content (AvgIpc) is 0.918. The highest BCUT2D eigenvalue weighted by atomic mass is 35.5. The summed E-state index contributed by atoms with van der Waals surface area (Å²) in [7, 11) is 0. The van der Waals surface area contributed by atoms with Gasteiger partial charge >= 0.3 is 0 Å². The Bertz CT molecular complexity index is 29.8. The minimum atomic E-state index is 0. The van der Waals surface area contributed by atoms with Crippen LogP contribution in [0.1, 0.15) is 0 Å². The molecule has 0 saturated heterocycles. The second-order valence-electron chi connectivity index (χ2n) is 0.0894. The third kappa shape index (κ3) is 520. The molecular formula is H6ClN3S2. The Kier molecular flexibility index (Phi) is 323. The van der Waals surface area contributed by atoms with Gasteiger partial charge in [0.2, 0.25) is 0 Å². The maximum Gasteiger partial charge on any atom is -0.0576 e. The zero-order valence-electron chi connectivity index (χ0n) is 2.87. The molecule has 0 aliphatic carbocycles. The van der Waals surface area contributed by atoms with Crippen molar-refractivity contribution in [3.8, 4) is 0 Å². The van der Waals surface area contributed by atoms with Crippen LogP contribution in [0.2, 0.25) is 0 Å². The van der Waals surface area contributed by atoms with Gasteiger partial charge in [0.15, 0.2) is 0 Å². The standard InChI is InChI=1S/ClH.N3.2H2S/c;1-3-2;;/h1H;;2*1H2/q;-1;;/p+1. The third-order valence-electron chi connectivity index (χ3n) is 0. The molecule has 0 aromatic heterocycles. The van der Waals surface area contributed by atoms with Crippen LogP contribution in [0.4, 0.5) is 0 Å². The normalized spacial score (nSPS) is 1.33. The van der Waals surface area contributed by atoms with Gasteiger partial charge < -0.3 is 23.5 Å². The molecule has 0 rings (SSSR count). The van der Waals surface area contributed by atoms with Crippen LogP contribution in [0.15, 0.2) is 0 Å². The largest absolute Gasteiger partial charge is 1.00 e. The highest BCUT2D eigenvalue weighted by Crippen LogP contribution is 1.29. The lowest BCUT2D eigenvalue weighted by Gasteiger charge is -1.31. The van der Waals surface area contributed by atoms with Crippen LogP contribution in [0.5, 0.6) is 0 Å². The van der Waals surface area contributed by atoms with E-state index in [0.29, 0.717) is 0 Å². The van der Waals surface area contributed by atoms with Gasteiger partial charge in [0, 0.05) is 0 Å². The van der Waals surface area contributed by atoms with Crippen molar-refractivity contribution in [3.05, 3.63) is 16.0 Å². The molecule has 0 amide bonds. The van der Waals surface area contributed by atoms with Crippen LogP contribution in [0.3, 0.4) is 0 Å². The number of hydrogen-bond acceptors (Lipinski definition) is 0. The van der Waals surface area contributed by atoms with E-state index in [9.17, 15) is 0 Å². The topological polar surface area (TPSA) is 58.7 Å². The summed E-state index contributed by atoms with van der Waals surface area (Å²) in [6.07, 6.45) is 0. The Morgan fingerprint density at radius 2 is 1.00 bits per heavy atom. The van der Waals surface area contributed by atoms with Gasteiger partial charge in [-0.1, -0.05) is 27.0 Å². The van der Waals surface area contributed by atoms with Gasteiger partial charge in [0.1, 0.15) is 0 Å². The zero-order valence-corrected chi connectivity index (χ0v) is 5.94. The predicted molar refractivity (Wildman–Crippen MR) is 33.2 cm³/mol. The molecule has 0 aliphatic rings. The van der Waals surface area contributed by atoms with E-state index >= 15 is 0 Å². The summed E-state index contributed by atoms with van der Waals surface area (Å²) in [4.78, 5) is 1.50. The molecule has 0 N–H and O–H groups in total. The lowest BCUT2D eigenvalue weighted by Crippen LogP contribution is -3.00. The van der Waals surface area contributed by atoms with E-state index in [1.165, 1.54) is 4.91 Å². The fourth-order valence-electron chi connectivity index (χ4n) is 0. The van der Waals surface area contributed by atoms with Gasteiger partial charge in [0.05, 0.1) is 0 Å². The van der Waals surface area contributed by atoms with Crippen LogP contribution in [0, 0.1) is 0 Å². The van der Waals surface area contributed by atoms with E-state index in [4.69, 9.17) is 11.1 Å². The Labute approximate surface area is 55.8 Å². The molecule has 40 valence electrons. The Morgan fingerprint density at radius 3 is 1.00 bits per heavy atom. The lowest BCUT2D eigenvalue weighted by atomic mass is 13.0. The summed E-state index contributed by atoms with van der Waals surface area (Å²) < 4.78 is 0. The van der Waals surface area contributed by atoms with E-state index < -0.39 is 0 Å². The molecule has 0 saturated carbocycles. The number of rotatable bonds is 0. The zero-order chi connectivity index (χ0) is 2.71. The first-order valence-electron chi connectivity index (χ1n) is 0.400. The monoisotopic (exact) mass is 147 g/mol. The Balaban J connectivity index is -0.00000000667. The van der Waals surface area contributed by atoms with Crippen molar-refractivity contribution in [2.24, 2.45) is 0 Å². The first kappa shape index (κ1) is 33.5. The summed E-state index contributed by atoms with van der Waals surface area (Å²) >= 11 is 0. The third-order valence-corrected chi connectivity index (χ3v) is 0. The highest BCUT2D eigenvalue weighted by Gasteiger charge is 0.689. The maximum absolute atomic E-state index is 6.75. The van der Waals surface area contributed by atoms with E-state index in [-0.39, 0.29) is 39.4 Å². The highest BCUT2D eigenvalue weighted by molar-refractivity contribution is 7.37. The molecule has 0 radical (unpaired) electrons. The first-order valence-corrected chi connectivity index (χ1v) is 0.400. The SMILES string of the molecule is [Cl-].[N-]=[N+]=[N-].[SH3+].[SH3+]. The Morgan fingerprint density at radius 1 is 1.00 bits per heavy atom. The van der Waals surface area contributed by atoms with Crippen molar-refractivity contribution in [2.75, 3.05) is 0 Å². The molecule has 0 heterocycles. The molecule has 6 heteroatoms. The van der Waals surface area contributed by atoms with Gasteiger partial charge in [-0.05, 0) is 0 Å². The van der Waals surface area contributed by atoms with E-state index in [1.54, 1.807) is 0 Å². The quantitative estimate of drug-likeness (QED) is 0.146. The van der Waals surface area contributed by atoms with Crippen LogP contribution in [-0.2, 0) is 27.0 Å². The minimum absolute atomic E-state index is 0. The number of nitrogens with zero attached hydrogens (tertiary/aromatic N) is 3. The number of hydrogen-bond donors (Lipinski definition) is 0. The lowest BCUT2D eigenvalue weighted by molar-refractivity contribution is -0.000000976. The van der Waals surface area contributed by atoms with E-state index in [0.717, 1.165) is 0 Å². The molecule has 0 fully saturated rings. The minimum Gasteiger partial charge on any atom is -1.00 e. The first-order chi connectivity index (χ1) is 1.41. The molecule has 3 nitrogen and oxygen atoms in total. The molecule has 0 unspecified atom stereocenters. The summed E-state index contributed by atoms with van der Waals surface area (Å²) in [6.45, 7) is 0. The maximum atomic E-state index is 6.75. The van der Waals surface area contributed by atoms with Gasteiger partial charge in [0.25, 0.3) is 0 Å². The van der Waals surface area contributed by atoms with E-state index in [1.807, 2.05) is 0 Å². The summed E-state index contributed by atoms with van der Waals surface area (Å²) in [5, 5.41) is 0. The van der Waals surface area contributed by atoms with Crippen molar-refractivity contribution in [1.82, 2.24) is 0 Å².